The minimum Gasteiger partial charge on any atom is -0.354 e. The number of carbonyl (C=O) groups is 2. The number of para-hydroxylation sites is 1. The molecule has 1 atom stereocenters. The van der Waals surface area contributed by atoms with Crippen LogP contribution in [-0.2, 0) is 26.2 Å². The highest BCUT2D eigenvalue weighted by Gasteiger charge is 2.26. The van der Waals surface area contributed by atoms with Crippen LogP contribution in [0.4, 0.5) is 5.69 Å². The molecule has 0 heterocycles. The third kappa shape index (κ3) is 8.48. The molecular formula is C26H37N3O4S. The standard InChI is InChI=1S/C26H37N3O4S/c1-20(2)18-27-26(31)22(4)28(19-23-12-9-11-21(3)17-23)25(30)15-10-16-29(34(5,32)33)24-13-7-6-8-14-24/h6-9,11-14,17,20,22H,10,15-16,18-19H2,1-5H3,(H,27,31)/t22-/m1/s1. The number of sulfonamides is 1. The van der Waals surface area contributed by atoms with Gasteiger partial charge in [-0.05, 0) is 43.9 Å². The van der Waals surface area contributed by atoms with Gasteiger partial charge in [0, 0.05) is 26.1 Å². The smallest absolute Gasteiger partial charge is 0.242 e. The first kappa shape index (κ1) is 27.4. The molecule has 0 bridgehead atoms. The van der Waals surface area contributed by atoms with Crippen molar-refractivity contribution in [1.29, 1.82) is 0 Å². The van der Waals surface area contributed by atoms with Gasteiger partial charge in [0.2, 0.25) is 21.8 Å². The lowest BCUT2D eigenvalue weighted by Gasteiger charge is -2.29. The fourth-order valence-corrected chi connectivity index (χ4v) is 4.61. The summed E-state index contributed by atoms with van der Waals surface area (Å²) in [7, 11) is -3.49. The summed E-state index contributed by atoms with van der Waals surface area (Å²) in [6.07, 6.45) is 1.63. The van der Waals surface area contributed by atoms with Gasteiger partial charge in [0.15, 0.2) is 0 Å². The Morgan fingerprint density at radius 1 is 1.00 bits per heavy atom. The van der Waals surface area contributed by atoms with E-state index in [-0.39, 0.29) is 24.8 Å². The Hall–Kier alpha value is -2.87. The number of amides is 2. The molecule has 2 amide bonds. The van der Waals surface area contributed by atoms with Crippen LogP contribution < -0.4 is 9.62 Å². The minimum absolute atomic E-state index is 0.131. The lowest BCUT2D eigenvalue weighted by atomic mass is 10.1. The summed E-state index contributed by atoms with van der Waals surface area (Å²) < 4.78 is 25.9. The van der Waals surface area contributed by atoms with Crippen LogP contribution in [0.1, 0.15) is 44.7 Å². The lowest BCUT2D eigenvalue weighted by Crippen LogP contribution is -2.48. The van der Waals surface area contributed by atoms with Gasteiger partial charge in [-0.15, -0.1) is 0 Å². The first-order valence-electron chi connectivity index (χ1n) is 11.6. The van der Waals surface area contributed by atoms with Crippen molar-refractivity contribution in [3.63, 3.8) is 0 Å². The Morgan fingerprint density at radius 2 is 1.68 bits per heavy atom. The molecule has 2 rings (SSSR count). The molecule has 34 heavy (non-hydrogen) atoms. The average molecular weight is 488 g/mol. The van der Waals surface area contributed by atoms with Gasteiger partial charge in [0.05, 0.1) is 11.9 Å². The summed E-state index contributed by atoms with van der Waals surface area (Å²) in [5.74, 6) is -0.0796. The number of aryl methyl sites for hydroxylation is 1. The van der Waals surface area contributed by atoms with Crippen molar-refractivity contribution in [2.75, 3.05) is 23.7 Å². The molecule has 2 aromatic rings. The fourth-order valence-electron chi connectivity index (χ4n) is 3.64. The molecule has 0 saturated heterocycles. The average Bonchev–Trinajstić information content (AvgIpc) is 2.77. The fraction of sp³-hybridized carbons (Fsp3) is 0.462. The molecule has 0 aliphatic rings. The molecule has 186 valence electrons. The highest BCUT2D eigenvalue weighted by atomic mass is 32.2. The van der Waals surface area contributed by atoms with Crippen LogP contribution in [0, 0.1) is 12.8 Å². The predicted octanol–water partition coefficient (Wildman–Crippen LogP) is 3.73. The summed E-state index contributed by atoms with van der Waals surface area (Å²) in [6.45, 7) is 8.78. The zero-order chi connectivity index (χ0) is 25.3. The van der Waals surface area contributed by atoms with E-state index >= 15 is 0 Å². The van der Waals surface area contributed by atoms with E-state index < -0.39 is 16.1 Å². The summed E-state index contributed by atoms with van der Waals surface area (Å²) in [5.41, 5.74) is 2.59. The second-order valence-electron chi connectivity index (χ2n) is 9.10. The van der Waals surface area contributed by atoms with Gasteiger partial charge < -0.3 is 10.2 Å². The maximum Gasteiger partial charge on any atom is 0.242 e. The Bertz CT molecular complexity index is 1050. The maximum absolute atomic E-state index is 13.3. The molecule has 0 radical (unpaired) electrons. The van der Waals surface area contributed by atoms with Crippen LogP contribution in [0.3, 0.4) is 0 Å². The molecule has 0 saturated carbocycles. The van der Waals surface area contributed by atoms with Gasteiger partial charge in [-0.1, -0.05) is 61.9 Å². The minimum atomic E-state index is -3.49. The molecule has 0 aliphatic carbocycles. The van der Waals surface area contributed by atoms with Crippen LogP contribution >= 0.6 is 0 Å². The van der Waals surface area contributed by atoms with E-state index in [1.807, 2.05) is 51.1 Å². The summed E-state index contributed by atoms with van der Waals surface area (Å²) in [4.78, 5) is 27.6. The summed E-state index contributed by atoms with van der Waals surface area (Å²) in [5, 5.41) is 2.91. The van der Waals surface area contributed by atoms with E-state index in [0.717, 1.165) is 17.4 Å². The molecule has 0 aromatic heterocycles. The molecule has 0 fully saturated rings. The molecule has 0 aliphatic heterocycles. The van der Waals surface area contributed by atoms with Gasteiger partial charge >= 0.3 is 0 Å². The van der Waals surface area contributed by atoms with E-state index in [9.17, 15) is 18.0 Å². The molecule has 7 nitrogen and oxygen atoms in total. The molecular weight excluding hydrogens is 450 g/mol. The Balaban J connectivity index is 2.14. The monoisotopic (exact) mass is 487 g/mol. The third-order valence-corrected chi connectivity index (χ3v) is 6.68. The number of hydrogen-bond donors (Lipinski definition) is 1. The second kappa shape index (κ2) is 12.6. The van der Waals surface area contributed by atoms with Gasteiger partial charge in [-0.3, -0.25) is 13.9 Å². The zero-order valence-corrected chi connectivity index (χ0v) is 21.6. The SMILES string of the molecule is Cc1cccc(CN(C(=O)CCCN(c2ccccc2)S(C)(=O)=O)[C@H](C)C(=O)NCC(C)C)c1. The van der Waals surface area contributed by atoms with E-state index in [2.05, 4.69) is 5.32 Å². The molecule has 0 unspecified atom stereocenters. The predicted molar refractivity (Wildman–Crippen MR) is 137 cm³/mol. The molecule has 2 aromatic carbocycles. The Kier molecular flexibility index (Phi) is 10.1. The van der Waals surface area contributed by atoms with Crippen LogP contribution in [0.2, 0.25) is 0 Å². The summed E-state index contributed by atoms with van der Waals surface area (Å²) in [6, 6.07) is 16.0. The topological polar surface area (TPSA) is 86.8 Å². The maximum atomic E-state index is 13.3. The van der Waals surface area contributed by atoms with Crippen LogP contribution in [0.15, 0.2) is 54.6 Å². The van der Waals surface area contributed by atoms with Crippen molar-refractivity contribution in [1.82, 2.24) is 10.2 Å². The number of benzene rings is 2. The molecule has 1 N–H and O–H groups in total. The van der Waals surface area contributed by atoms with E-state index in [1.54, 1.807) is 36.1 Å². The van der Waals surface area contributed by atoms with Gasteiger partial charge in [0.25, 0.3) is 0 Å². The van der Waals surface area contributed by atoms with Crippen molar-refractivity contribution < 1.29 is 18.0 Å². The Labute approximate surface area is 204 Å². The van der Waals surface area contributed by atoms with Crippen molar-refractivity contribution in [3.05, 3.63) is 65.7 Å². The largest absolute Gasteiger partial charge is 0.354 e. The van der Waals surface area contributed by atoms with E-state index in [1.165, 1.54) is 4.31 Å². The lowest BCUT2D eigenvalue weighted by molar-refractivity contribution is -0.140. The first-order valence-corrected chi connectivity index (χ1v) is 13.5. The summed E-state index contributed by atoms with van der Waals surface area (Å²) >= 11 is 0. The second-order valence-corrected chi connectivity index (χ2v) is 11.0. The van der Waals surface area contributed by atoms with Crippen molar-refractivity contribution >= 4 is 27.5 Å². The quantitative estimate of drug-likeness (QED) is 0.494. The van der Waals surface area contributed by atoms with Gasteiger partial charge in [0.1, 0.15) is 6.04 Å². The van der Waals surface area contributed by atoms with Gasteiger partial charge in [-0.2, -0.15) is 0 Å². The Morgan fingerprint density at radius 3 is 2.26 bits per heavy atom. The van der Waals surface area contributed by atoms with Crippen LogP contribution in [0.5, 0.6) is 0 Å². The highest BCUT2D eigenvalue weighted by Crippen LogP contribution is 2.19. The van der Waals surface area contributed by atoms with Crippen molar-refractivity contribution in [2.24, 2.45) is 5.92 Å². The number of nitrogens with zero attached hydrogens (tertiary/aromatic N) is 2. The third-order valence-electron chi connectivity index (χ3n) is 5.48. The number of carbonyl (C=O) groups excluding carboxylic acids is 2. The normalized spacial score (nSPS) is 12.3. The number of hydrogen-bond acceptors (Lipinski definition) is 4. The first-order chi connectivity index (χ1) is 16.0. The van der Waals surface area contributed by atoms with E-state index in [0.29, 0.717) is 31.1 Å². The molecule has 8 heteroatoms. The number of anilines is 1. The van der Waals surface area contributed by atoms with Crippen LogP contribution in [-0.4, -0.2) is 50.5 Å². The molecule has 0 spiro atoms. The number of rotatable bonds is 12. The van der Waals surface area contributed by atoms with Crippen LogP contribution in [0.25, 0.3) is 0 Å². The highest BCUT2D eigenvalue weighted by molar-refractivity contribution is 7.92. The van der Waals surface area contributed by atoms with Crippen molar-refractivity contribution in [2.45, 2.75) is 53.1 Å². The zero-order valence-electron chi connectivity index (χ0n) is 20.8. The number of nitrogens with one attached hydrogen (secondary N) is 1. The van der Waals surface area contributed by atoms with Gasteiger partial charge in [-0.25, -0.2) is 8.42 Å². The van der Waals surface area contributed by atoms with E-state index in [4.69, 9.17) is 0 Å². The van der Waals surface area contributed by atoms with Crippen molar-refractivity contribution in [3.8, 4) is 0 Å².